The van der Waals surface area contributed by atoms with Gasteiger partial charge in [-0.3, -0.25) is 4.79 Å². The third kappa shape index (κ3) is 26.6. The Kier molecular flexibility index (Phi) is 30.8. The minimum absolute atomic E-state index is 0.273. The number of nitrogens with one attached hydrogen (secondary N) is 1. The van der Waals surface area contributed by atoms with Gasteiger partial charge in [-0.2, -0.15) is 0 Å². The van der Waals surface area contributed by atoms with Gasteiger partial charge in [0.15, 0.2) is 0 Å². The van der Waals surface area contributed by atoms with Crippen LogP contribution < -0.4 is 5.32 Å². The zero-order valence-electron chi connectivity index (χ0n) is 27.9. The molecule has 0 aromatic rings. The molecule has 0 saturated carbocycles. The number of aliphatic hydroxyl groups excluding tert-OH is 4. The lowest BCUT2D eigenvalue weighted by molar-refractivity contribution is -0.132. The van der Waals surface area contributed by atoms with Gasteiger partial charge < -0.3 is 25.7 Å². The van der Waals surface area contributed by atoms with Crippen molar-refractivity contribution in [2.24, 2.45) is 0 Å². The Morgan fingerprint density at radius 2 is 0.977 bits per heavy atom. The Bertz CT molecular complexity index is 692. The van der Waals surface area contributed by atoms with Crippen molar-refractivity contribution in [2.75, 3.05) is 6.61 Å². The molecular weight excluding hydrogens is 538 g/mol. The minimum atomic E-state index is -1.30. The van der Waals surface area contributed by atoms with Crippen molar-refractivity contribution in [2.45, 2.75) is 186 Å². The van der Waals surface area contributed by atoms with Crippen LogP contribution in [-0.4, -0.2) is 57.3 Å². The van der Waals surface area contributed by atoms with Crippen molar-refractivity contribution in [1.82, 2.24) is 5.32 Å². The molecule has 0 heterocycles. The first-order valence-electron chi connectivity index (χ1n) is 17.9. The van der Waals surface area contributed by atoms with Crippen LogP contribution in [0.25, 0.3) is 0 Å². The molecule has 0 spiro atoms. The number of unbranched alkanes of at least 4 members (excludes halogenated alkanes) is 16. The molecule has 43 heavy (non-hydrogen) atoms. The van der Waals surface area contributed by atoms with Gasteiger partial charge in [-0.25, -0.2) is 0 Å². The number of amides is 1. The highest BCUT2D eigenvalue weighted by Gasteiger charge is 2.28. The molecule has 4 unspecified atom stereocenters. The van der Waals surface area contributed by atoms with E-state index in [-0.39, 0.29) is 6.42 Å². The smallest absolute Gasteiger partial charge is 0.249 e. The lowest BCUT2D eigenvalue weighted by Crippen LogP contribution is -2.53. The van der Waals surface area contributed by atoms with Crippen LogP contribution in [0.5, 0.6) is 0 Å². The predicted octanol–water partition coefficient (Wildman–Crippen LogP) is 8.23. The molecule has 6 nitrogen and oxygen atoms in total. The summed E-state index contributed by atoms with van der Waals surface area (Å²) in [6.45, 7) is 3.94. The summed E-state index contributed by atoms with van der Waals surface area (Å²) in [7, 11) is 0. The fourth-order valence-corrected chi connectivity index (χ4v) is 5.13. The van der Waals surface area contributed by atoms with E-state index in [1.807, 2.05) is 6.08 Å². The van der Waals surface area contributed by atoms with E-state index in [1.54, 1.807) is 0 Å². The molecule has 0 fully saturated rings. The SMILES string of the molecule is CCCCCC/C=C\CCC(O)C(=O)NC(CO)C(O)C(O)CCC/C=C/CC/C=C/CCCCCCCCCCCC. The third-order valence-electron chi connectivity index (χ3n) is 8.06. The van der Waals surface area contributed by atoms with E-state index in [0.717, 1.165) is 32.1 Å². The van der Waals surface area contributed by atoms with Gasteiger partial charge in [0.2, 0.25) is 5.91 Å². The van der Waals surface area contributed by atoms with E-state index in [9.17, 15) is 25.2 Å². The largest absolute Gasteiger partial charge is 0.394 e. The fourth-order valence-electron chi connectivity index (χ4n) is 5.13. The monoisotopic (exact) mass is 608 g/mol. The minimum Gasteiger partial charge on any atom is -0.394 e. The van der Waals surface area contributed by atoms with Crippen molar-refractivity contribution in [3.05, 3.63) is 36.5 Å². The van der Waals surface area contributed by atoms with E-state index in [0.29, 0.717) is 19.3 Å². The van der Waals surface area contributed by atoms with Crippen molar-refractivity contribution < 1.29 is 25.2 Å². The second kappa shape index (κ2) is 31.9. The number of rotatable bonds is 31. The van der Waals surface area contributed by atoms with Crippen LogP contribution in [0.1, 0.15) is 162 Å². The van der Waals surface area contributed by atoms with Crippen molar-refractivity contribution in [1.29, 1.82) is 0 Å². The van der Waals surface area contributed by atoms with Crippen LogP contribution in [0, 0.1) is 0 Å². The summed E-state index contributed by atoms with van der Waals surface area (Å²) in [5.41, 5.74) is 0. The first-order valence-corrected chi connectivity index (χ1v) is 17.9. The van der Waals surface area contributed by atoms with Gasteiger partial charge in [0.1, 0.15) is 12.2 Å². The van der Waals surface area contributed by atoms with Crippen LogP contribution in [0.15, 0.2) is 36.5 Å². The second-order valence-electron chi connectivity index (χ2n) is 12.2. The Balaban J connectivity index is 3.90. The normalized spacial score (nSPS) is 15.0. The molecule has 0 aliphatic heterocycles. The number of allylic oxidation sites excluding steroid dienone is 6. The Labute approximate surface area is 265 Å². The summed E-state index contributed by atoms with van der Waals surface area (Å²) in [5.74, 6) is -0.637. The Morgan fingerprint density at radius 3 is 1.49 bits per heavy atom. The summed E-state index contributed by atoms with van der Waals surface area (Å²) in [6.07, 6.45) is 34.8. The molecule has 5 N–H and O–H groups in total. The lowest BCUT2D eigenvalue weighted by atomic mass is 10.0. The summed E-state index contributed by atoms with van der Waals surface area (Å²) >= 11 is 0. The third-order valence-corrected chi connectivity index (χ3v) is 8.06. The molecule has 6 heteroatoms. The maximum absolute atomic E-state index is 12.3. The van der Waals surface area contributed by atoms with Gasteiger partial charge in [0.25, 0.3) is 0 Å². The summed E-state index contributed by atoms with van der Waals surface area (Å²) in [5, 5.41) is 43.1. The van der Waals surface area contributed by atoms with E-state index in [1.165, 1.54) is 89.9 Å². The van der Waals surface area contributed by atoms with Crippen molar-refractivity contribution in [3.8, 4) is 0 Å². The quantitative estimate of drug-likeness (QED) is 0.0403. The first kappa shape index (κ1) is 41.5. The van der Waals surface area contributed by atoms with Gasteiger partial charge >= 0.3 is 0 Å². The summed E-state index contributed by atoms with van der Waals surface area (Å²) in [4.78, 5) is 12.3. The van der Waals surface area contributed by atoms with Crippen LogP contribution in [0.2, 0.25) is 0 Å². The zero-order chi connectivity index (χ0) is 31.8. The highest BCUT2D eigenvalue weighted by molar-refractivity contribution is 5.80. The zero-order valence-corrected chi connectivity index (χ0v) is 27.9. The molecule has 0 saturated heterocycles. The first-order chi connectivity index (χ1) is 21.0. The topological polar surface area (TPSA) is 110 Å². The standard InChI is InChI=1S/C37H69NO5/c1-3-5-7-9-11-13-14-15-16-17-18-19-20-21-22-23-25-26-28-30-34(40)36(42)33(32-39)38-37(43)35(41)31-29-27-24-12-10-8-6-4-2/h19-20,23-25,27,33-36,39-42H,3-18,21-22,26,28-32H2,1-2H3,(H,38,43)/b20-19+,25-23+,27-24-. The van der Waals surface area contributed by atoms with E-state index < -0.39 is 36.9 Å². The van der Waals surface area contributed by atoms with Crippen LogP contribution in [-0.2, 0) is 4.79 Å². The highest BCUT2D eigenvalue weighted by Crippen LogP contribution is 2.13. The van der Waals surface area contributed by atoms with Gasteiger partial charge in [-0.1, -0.05) is 127 Å². The number of aliphatic hydroxyl groups is 4. The van der Waals surface area contributed by atoms with Crippen molar-refractivity contribution in [3.63, 3.8) is 0 Å². The summed E-state index contributed by atoms with van der Waals surface area (Å²) < 4.78 is 0. The van der Waals surface area contributed by atoms with E-state index >= 15 is 0 Å². The average Bonchev–Trinajstić information content (AvgIpc) is 3.01. The number of hydrogen-bond acceptors (Lipinski definition) is 5. The van der Waals surface area contributed by atoms with Crippen LogP contribution in [0.3, 0.4) is 0 Å². The van der Waals surface area contributed by atoms with E-state index in [4.69, 9.17) is 0 Å². The average molecular weight is 608 g/mol. The van der Waals surface area contributed by atoms with E-state index in [2.05, 4.69) is 49.5 Å². The summed E-state index contributed by atoms with van der Waals surface area (Å²) in [6, 6.07) is -1.02. The lowest BCUT2D eigenvalue weighted by Gasteiger charge is -2.27. The highest BCUT2D eigenvalue weighted by atomic mass is 16.3. The Hall–Kier alpha value is -1.47. The molecule has 4 atom stereocenters. The Morgan fingerprint density at radius 1 is 0.558 bits per heavy atom. The molecule has 0 aliphatic carbocycles. The maximum atomic E-state index is 12.3. The molecule has 1 amide bonds. The molecule has 0 bridgehead atoms. The van der Waals surface area contributed by atoms with Crippen molar-refractivity contribution >= 4 is 5.91 Å². The van der Waals surface area contributed by atoms with Gasteiger partial charge in [0.05, 0.1) is 18.8 Å². The maximum Gasteiger partial charge on any atom is 0.249 e. The molecule has 0 aromatic carbocycles. The second-order valence-corrected chi connectivity index (χ2v) is 12.2. The molecule has 0 rings (SSSR count). The number of hydrogen-bond donors (Lipinski definition) is 5. The molecule has 0 aliphatic rings. The molecule has 0 aromatic heterocycles. The molecule has 252 valence electrons. The molecular formula is C37H69NO5. The fraction of sp³-hybridized carbons (Fsp3) is 0.811. The molecule has 0 radical (unpaired) electrons. The van der Waals surface area contributed by atoms with Crippen LogP contribution >= 0.6 is 0 Å². The number of carbonyl (C=O) groups is 1. The predicted molar refractivity (Wildman–Crippen MR) is 182 cm³/mol. The van der Waals surface area contributed by atoms with Gasteiger partial charge in [0, 0.05) is 0 Å². The number of carbonyl (C=O) groups excluding carboxylic acids is 1. The van der Waals surface area contributed by atoms with Gasteiger partial charge in [-0.15, -0.1) is 0 Å². The van der Waals surface area contributed by atoms with Crippen LogP contribution in [0.4, 0.5) is 0 Å². The van der Waals surface area contributed by atoms with Gasteiger partial charge in [-0.05, 0) is 70.6 Å².